The first-order valence-corrected chi connectivity index (χ1v) is 6.39. The van der Waals surface area contributed by atoms with Gasteiger partial charge in [0, 0.05) is 12.1 Å². The number of anilines is 1. The number of carbonyl (C=O) groups excluding carboxylic acids is 3. The van der Waals surface area contributed by atoms with Crippen LogP contribution in [0.2, 0.25) is 5.02 Å². The average molecular weight is 312 g/mol. The fourth-order valence-corrected chi connectivity index (χ4v) is 2.16. The van der Waals surface area contributed by atoms with E-state index in [0.717, 1.165) is 4.90 Å². The maximum Gasteiger partial charge on any atom is 0.325 e. The summed E-state index contributed by atoms with van der Waals surface area (Å²) in [6.45, 7) is -0.391. The molecule has 0 aliphatic carbocycles. The number of carbonyl (C=O) groups is 3. The summed E-state index contributed by atoms with van der Waals surface area (Å²) in [5, 5.41) is 5.12. The van der Waals surface area contributed by atoms with Crippen molar-refractivity contribution in [3.05, 3.63) is 17.2 Å². The van der Waals surface area contributed by atoms with Crippen molar-refractivity contribution in [1.82, 2.24) is 10.2 Å². The van der Waals surface area contributed by atoms with Gasteiger partial charge in [-0.05, 0) is 0 Å². The molecule has 2 heterocycles. The molecule has 1 fully saturated rings. The third kappa shape index (κ3) is 2.57. The monoisotopic (exact) mass is 311 g/mol. The highest BCUT2D eigenvalue weighted by molar-refractivity contribution is 6.34. The number of amides is 4. The molecule has 4 amide bonds. The summed E-state index contributed by atoms with van der Waals surface area (Å²) in [5.41, 5.74) is 0.318. The minimum absolute atomic E-state index is 0.0888. The van der Waals surface area contributed by atoms with Crippen LogP contribution in [0, 0.1) is 0 Å². The lowest BCUT2D eigenvalue weighted by atomic mass is 10.2. The van der Waals surface area contributed by atoms with Crippen LogP contribution in [0.15, 0.2) is 12.1 Å². The van der Waals surface area contributed by atoms with Crippen LogP contribution < -0.4 is 20.1 Å². The van der Waals surface area contributed by atoms with Crippen LogP contribution in [0.3, 0.4) is 0 Å². The molecule has 2 aliphatic heterocycles. The van der Waals surface area contributed by atoms with E-state index in [1.165, 1.54) is 12.1 Å². The summed E-state index contributed by atoms with van der Waals surface area (Å²) in [6, 6.07) is 2.45. The van der Waals surface area contributed by atoms with E-state index < -0.39 is 17.8 Å². The number of rotatable bonds is 3. The van der Waals surface area contributed by atoms with Crippen LogP contribution in [-0.2, 0) is 9.59 Å². The lowest BCUT2D eigenvalue weighted by Gasteiger charge is -2.13. The average Bonchev–Trinajstić information content (AvgIpc) is 3.00. The predicted octanol–water partition coefficient (Wildman–Crippen LogP) is 0.559. The van der Waals surface area contributed by atoms with Crippen molar-refractivity contribution in [2.45, 2.75) is 0 Å². The number of urea groups is 1. The SMILES string of the molecule is O=C(CN1C(=O)CNC1=O)Nc1cc2c(cc1Cl)OCO2. The van der Waals surface area contributed by atoms with Gasteiger partial charge in [0.1, 0.15) is 6.54 Å². The molecule has 8 nitrogen and oxygen atoms in total. The standard InChI is InChI=1S/C12H10ClN3O5/c13-6-1-8-9(21-5-20-8)2-7(6)15-10(17)4-16-11(18)3-14-12(16)19/h1-2H,3-5H2,(H,14,19)(H,15,17). The Morgan fingerprint density at radius 1 is 1.33 bits per heavy atom. The van der Waals surface area contributed by atoms with Gasteiger partial charge in [0.2, 0.25) is 12.7 Å². The first-order valence-electron chi connectivity index (χ1n) is 6.02. The van der Waals surface area contributed by atoms with Crippen LogP contribution in [0.1, 0.15) is 0 Å². The zero-order valence-corrected chi connectivity index (χ0v) is 11.4. The second-order valence-electron chi connectivity index (χ2n) is 4.37. The third-order valence-electron chi connectivity index (χ3n) is 2.98. The van der Waals surface area contributed by atoms with E-state index >= 15 is 0 Å². The number of hydrogen-bond donors (Lipinski definition) is 2. The molecular weight excluding hydrogens is 302 g/mol. The highest BCUT2D eigenvalue weighted by Crippen LogP contribution is 2.39. The largest absolute Gasteiger partial charge is 0.454 e. The van der Waals surface area contributed by atoms with E-state index in [1.807, 2.05) is 0 Å². The zero-order chi connectivity index (χ0) is 15.0. The molecular formula is C12H10ClN3O5. The van der Waals surface area contributed by atoms with Crippen molar-refractivity contribution < 1.29 is 23.9 Å². The first-order chi connectivity index (χ1) is 10.0. The molecule has 2 N–H and O–H groups in total. The molecule has 0 aromatic heterocycles. The number of halogens is 1. The quantitative estimate of drug-likeness (QED) is 0.795. The van der Waals surface area contributed by atoms with Gasteiger partial charge in [0.15, 0.2) is 11.5 Å². The van der Waals surface area contributed by atoms with E-state index in [9.17, 15) is 14.4 Å². The van der Waals surface area contributed by atoms with Gasteiger partial charge < -0.3 is 20.1 Å². The lowest BCUT2D eigenvalue weighted by molar-refractivity contribution is -0.128. The van der Waals surface area contributed by atoms with Crippen molar-refractivity contribution in [3.8, 4) is 11.5 Å². The number of ether oxygens (including phenoxy) is 2. The van der Waals surface area contributed by atoms with Gasteiger partial charge in [-0.3, -0.25) is 14.5 Å². The molecule has 0 bridgehead atoms. The molecule has 1 aromatic rings. The number of fused-ring (bicyclic) bond motifs is 1. The fraction of sp³-hybridized carbons (Fsp3) is 0.250. The molecule has 21 heavy (non-hydrogen) atoms. The number of hydrogen-bond acceptors (Lipinski definition) is 5. The maximum atomic E-state index is 11.9. The minimum atomic E-state index is -0.591. The molecule has 0 radical (unpaired) electrons. The van der Waals surface area contributed by atoms with Crippen LogP contribution in [-0.4, -0.2) is 42.6 Å². The van der Waals surface area contributed by atoms with Gasteiger partial charge in [-0.2, -0.15) is 0 Å². The predicted molar refractivity (Wildman–Crippen MR) is 71.3 cm³/mol. The summed E-state index contributed by atoms with van der Waals surface area (Å²) in [7, 11) is 0. The van der Waals surface area contributed by atoms with Crippen LogP contribution in [0.4, 0.5) is 10.5 Å². The van der Waals surface area contributed by atoms with Gasteiger partial charge in [0.25, 0.3) is 5.91 Å². The van der Waals surface area contributed by atoms with Crippen LogP contribution in [0.5, 0.6) is 11.5 Å². The molecule has 0 unspecified atom stereocenters. The molecule has 0 atom stereocenters. The molecule has 2 aliphatic rings. The Morgan fingerprint density at radius 2 is 2.05 bits per heavy atom. The molecule has 1 saturated heterocycles. The van der Waals surface area contributed by atoms with Crippen molar-refractivity contribution in [3.63, 3.8) is 0 Å². The number of nitrogens with zero attached hydrogens (tertiary/aromatic N) is 1. The Kier molecular flexibility index (Phi) is 3.30. The minimum Gasteiger partial charge on any atom is -0.454 e. The van der Waals surface area contributed by atoms with Gasteiger partial charge in [-0.25, -0.2) is 4.79 Å². The summed E-state index contributed by atoms with van der Waals surface area (Å²) < 4.78 is 10.3. The lowest BCUT2D eigenvalue weighted by Crippen LogP contribution is -2.38. The summed E-state index contributed by atoms with van der Waals surface area (Å²) >= 11 is 6.02. The summed E-state index contributed by atoms with van der Waals surface area (Å²) in [6.07, 6.45) is 0. The second kappa shape index (κ2) is 5.13. The molecule has 3 rings (SSSR count). The molecule has 0 saturated carbocycles. The summed E-state index contributed by atoms with van der Waals surface area (Å²) in [4.78, 5) is 35.5. The van der Waals surface area contributed by atoms with E-state index in [4.69, 9.17) is 21.1 Å². The van der Waals surface area contributed by atoms with E-state index in [0.29, 0.717) is 17.2 Å². The van der Waals surface area contributed by atoms with Crippen molar-refractivity contribution in [1.29, 1.82) is 0 Å². The van der Waals surface area contributed by atoms with Crippen molar-refractivity contribution >= 4 is 35.1 Å². The number of benzene rings is 1. The number of imide groups is 1. The van der Waals surface area contributed by atoms with Crippen LogP contribution in [0.25, 0.3) is 0 Å². The molecule has 0 spiro atoms. The van der Waals surface area contributed by atoms with Crippen molar-refractivity contribution in [2.75, 3.05) is 25.2 Å². The Labute approximate surface area is 123 Å². The van der Waals surface area contributed by atoms with Crippen LogP contribution >= 0.6 is 11.6 Å². The highest BCUT2D eigenvalue weighted by Gasteiger charge is 2.30. The summed E-state index contributed by atoms with van der Waals surface area (Å²) in [5.74, 6) is -0.0371. The smallest absolute Gasteiger partial charge is 0.325 e. The van der Waals surface area contributed by atoms with Gasteiger partial charge in [-0.15, -0.1) is 0 Å². The fourth-order valence-electron chi connectivity index (χ4n) is 1.96. The zero-order valence-electron chi connectivity index (χ0n) is 10.6. The van der Waals surface area contributed by atoms with Crippen molar-refractivity contribution in [2.24, 2.45) is 0 Å². The normalized spacial score (nSPS) is 16.1. The Balaban J connectivity index is 1.70. The van der Waals surface area contributed by atoms with Gasteiger partial charge >= 0.3 is 6.03 Å². The van der Waals surface area contributed by atoms with Gasteiger partial charge in [-0.1, -0.05) is 11.6 Å². The Bertz CT molecular complexity index is 632. The maximum absolute atomic E-state index is 11.9. The molecule has 110 valence electrons. The Morgan fingerprint density at radius 3 is 2.71 bits per heavy atom. The highest BCUT2D eigenvalue weighted by atomic mass is 35.5. The van der Waals surface area contributed by atoms with Gasteiger partial charge in [0.05, 0.1) is 17.3 Å². The van der Waals surface area contributed by atoms with E-state index in [2.05, 4.69) is 10.6 Å². The molecule has 1 aromatic carbocycles. The topological polar surface area (TPSA) is 97.0 Å². The number of nitrogens with one attached hydrogen (secondary N) is 2. The third-order valence-corrected chi connectivity index (χ3v) is 3.29. The Hall–Kier alpha value is -2.48. The first kappa shape index (κ1) is 13.5. The van der Waals surface area contributed by atoms with E-state index in [-0.39, 0.29) is 24.9 Å². The van der Waals surface area contributed by atoms with E-state index in [1.54, 1.807) is 0 Å². The molecule has 9 heteroatoms. The second-order valence-corrected chi connectivity index (χ2v) is 4.78.